The van der Waals surface area contributed by atoms with Gasteiger partial charge in [-0.25, -0.2) is 4.79 Å². The number of hydrogen-bond acceptors (Lipinski definition) is 4. The van der Waals surface area contributed by atoms with Gasteiger partial charge in [0.15, 0.2) is 0 Å². The van der Waals surface area contributed by atoms with Crippen molar-refractivity contribution in [2.45, 2.75) is 26.3 Å². The fraction of sp³-hybridized carbons (Fsp3) is 0.533. The van der Waals surface area contributed by atoms with Crippen molar-refractivity contribution in [2.24, 2.45) is 0 Å². The van der Waals surface area contributed by atoms with Gasteiger partial charge in [0.25, 0.3) is 0 Å². The first-order valence-corrected chi connectivity index (χ1v) is 6.55. The van der Waals surface area contributed by atoms with Crippen LogP contribution >= 0.6 is 0 Å². The van der Waals surface area contributed by atoms with Crippen LogP contribution in [0.2, 0.25) is 0 Å². The molecule has 1 rings (SSSR count). The fourth-order valence-electron chi connectivity index (χ4n) is 1.42. The van der Waals surface area contributed by atoms with Crippen molar-refractivity contribution in [3.63, 3.8) is 0 Å². The van der Waals surface area contributed by atoms with Crippen molar-refractivity contribution in [1.29, 1.82) is 0 Å². The SMILES string of the molecule is CCOC(=O)c1ccc(NCC(C)(C)N(C)C)cc1. The van der Waals surface area contributed by atoms with E-state index in [1.165, 1.54) is 0 Å². The minimum absolute atomic E-state index is 0.0693. The Hall–Kier alpha value is -1.55. The average Bonchev–Trinajstić information content (AvgIpc) is 2.37. The standard InChI is InChI=1S/C15H24N2O2/c1-6-19-14(18)12-7-9-13(10-8-12)16-11-15(2,3)17(4)5/h7-10,16H,6,11H2,1-5H3. The predicted octanol–water partition coefficient (Wildman–Crippen LogP) is 2.62. The summed E-state index contributed by atoms with van der Waals surface area (Å²) >= 11 is 0. The summed E-state index contributed by atoms with van der Waals surface area (Å²) in [4.78, 5) is 13.7. The second-order valence-corrected chi connectivity index (χ2v) is 5.36. The summed E-state index contributed by atoms with van der Waals surface area (Å²) in [6.07, 6.45) is 0. The number of ether oxygens (including phenoxy) is 1. The monoisotopic (exact) mass is 264 g/mol. The van der Waals surface area contributed by atoms with Gasteiger partial charge in [-0.2, -0.15) is 0 Å². The largest absolute Gasteiger partial charge is 0.462 e. The van der Waals surface area contributed by atoms with E-state index in [2.05, 4.69) is 38.2 Å². The highest BCUT2D eigenvalue weighted by atomic mass is 16.5. The molecular formula is C15H24N2O2. The zero-order valence-electron chi connectivity index (χ0n) is 12.5. The Morgan fingerprint density at radius 3 is 2.32 bits per heavy atom. The van der Waals surface area contributed by atoms with Crippen molar-refractivity contribution >= 4 is 11.7 Å². The molecule has 0 atom stereocenters. The predicted molar refractivity (Wildman–Crippen MR) is 78.7 cm³/mol. The number of likely N-dealkylation sites (N-methyl/N-ethyl adjacent to an activating group) is 1. The van der Waals surface area contributed by atoms with Crippen LogP contribution < -0.4 is 5.32 Å². The van der Waals surface area contributed by atoms with Crippen LogP contribution in [-0.4, -0.2) is 43.7 Å². The van der Waals surface area contributed by atoms with Crippen molar-refractivity contribution in [3.8, 4) is 0 Å². The molecule has 1 aromatic rings. The summed E-state index contributed by atoms with van der Waals surface area (Å²) < 4.78 is 4.95. The normalized spacial score (nSPS) is 11.5. The van der Waals surface area contributed by atoms with Crippen LogP contribution in [0.1, 0.15) is 31.1 Å². The maximum atomic E-state index is 11.5. The Balaban J connectivity index is 2.60. The van der Waals surface area contributed by atoms with Gasteiger partial charge in [0.1, 0.15) is 0 Å². The molecule has 4 heteroatoms. The number of esters is 1. The van der Waals surface area contributed by atoms with E-state index in [4.69, 9.17) is 4.74 Å². The molecule has 0 radical (unpaired) electrons. The second-order valence-electron chi connectivity index (χ2n) is 5.36. The molecule has 0 unspecified atom stereocenters. The lowest BCUT2D eigenvalue weighted by atomic mass is 10.0. The third kappa shape index (κ3) is 4.56. The summed E-state index contributed by atoms with van der Waals surface area (Å²) in [5, 5.41) is 3.37. The molecule has 1 N–H and O–H groups in total. The lowest BCUT2D eigenvalue weighted by Crippen LogP contribution is -2.44. The molecule has 19 heavy (non-hydrogen) atoms. The highest BCUT2D eigenvalue weighted by Crippen LogP contribution is 2.14. The molecule has 0 aliphatic rings. The smallest absolute Gasteiger partial charge is 0.338 e. The molecule has 0 heterocycles. The summed E-state index contributed by atoms with van der Waals surface area (Å²) in [6.45, 7) is 7.38. The van der Waals surface area contributed by atoms with Gasteiger partial charge in [-0.1, -0.05) is 0 Å². The van der Waals surface area contributed by atoms with E-state index in [1.54, 1.807) is 19.1 Å². The van der Waals surface area contributed by atoms with Crippen LogP contribution in [0.3, 0.4) is 0 Å². The highest BCUT2D eigenvalue weighted by molar-refractivity contribution is 5.89. The van der Waals surface area contributed by atoms with E-state index in [-0.39, 0.29) is 11.5 Å². The lowest BCUT2D eigenvalue weighted by molar-refractivity contribution is 0.0526. The number of nitrogens with zero attached hydrogens (tertiary/aromatic N) is 1. The highest BCUT2D eigenvalue weighted by Gasteiger charge is 2.19. The number of anilines is 1. The zero-order valence-corrected chi connectivity index (χ0v) is 12.5. The number of carbonyl (C=O) groups excluding carboxylic acids is 1. The molecule has 0 aromatic heterocycles. The minimum atomic E-state index is -0.275. The summed E-state index contributed by atoms with van der Waals surface area (Å²) in [7, 11) is 4.12. The van der Waals surface area contributed by atoms with Crippen LogP contribution in [0.5, 0.6) is 0 Å². The Morgan fingerprint density at radius 1 is 1.26 bits per heavy atom. The van der Waals surface area contributed by atoms with E-state index in [0.29, 0.717) is 12.2 Å². The van der Waals surface area contributed by atoms with Crippen molar-refractivity contribution in [1.82, 2.24) is 4.90 Å². The van der Waals surface area contributed by atoms with Gasteiger partial charge < -0.3 is 15.0 Å². The third-order valence-corrected chi connectivity index (χ3v) is 3.33. The number of nitrogens with one attached hydrogen (secondary N) is 1. The third-order valence-electron chi connectivity index (χ3n) is 3.33. The molecule has 0 fully saturated rings. The maximum Gasteiger partial charge on any atom is 0.338 e. The van der Waals surface area contributed by atoms with E-state index < -0.39 is 0 Å². The first kappa shape index (κ1) is 15.5. The minimum Gasteiger partial charge on any atom is -0.462 e. The first-order valence-electron chi connectivity index (χ1n) is 6.55. The van der Waals surface area contributed by atoms with Crippen LogP contribution in [0, 0.1) is 0 Å². The molecule has 106 valence electrons. The maximum absolute atomic E-state index is 11.5. The van der Waals surface area contributed by atoms with E-state index in [1.807, 2.05) is 12.1 Å². The lowest BCUT2D eigenvalue weighted by Gasteiger charge is -2.33. The van der Waals surface area contributed by atoms with Gasteiger partial charge in [0, 0.05) is 17.8 Å². The van der Waals surface area contributed by atoms with Crippen molar-refractivity contribution in [3.05, 3.63) is 29.8 Å². The zero-order chi connectivity index (χ0) is 14.5. The van der Waals surface area contributed by atoms with Crippen LogP contribution in [-0.2, 0) is 4.74 Å². The molecule has 4 nitrogen and oxygen atoms in total. The van der Waals surface area contributed by atoms with Crippen LogP contribution in [0.25, 0.3) is 0 Å². The van der Waals surface area contributed by atoms with Crippen LogP contribution in [0.15, 0.2) is 24.3 Å². The van der Waals surface area contributed by atoms with E-state index in [0.717, 1.165) is 12.2 Å². The van der Waals surface area contributed by atoms with Gasteiger partial charge in [-0.15, -0.1) is 0 Å². The molecular weight excluding hydrogens is 240 g/mol. The second kappa shape index (κ2) is 6.57. The number of benzene rings is 1. The number of rotatable bonds is 6. The molecule has 0 saturated carbocycles. The average molecular weight is 264 g/mol. The topological polar surface area (TPSA) is 41.6 Å². The summed E-state index contributed by atoms with van der Waals surface area (Å²) in [6, 6.07) is 7.36. The van der Waals surface area contributed by atoms with Gasteiger partial charge >= 0.3 is 5.97 Å². The summed E-state index contributed by atoms with van der Waals surface area (Å²) in [5.41, 5.74) is 1.65. The van der Waals surface area contributed by atoms with Gasteiger partial charge in [0.05, 0.1) is 12.2 Å². The Kier molecular flexibility index (Phi) is 5.36. The van der Waals surface area contributed by atoms with E-state index >= 15 is 0 Å². The molecule has 0 spiro atoms. The number of hydrogen-bond donors (Lipinski definition) is 1. The Bertz CT molecular complexity index is 411. The van der Waals surface area contributed by atoms with Crippen LogP contribution in [0.4, 0.5) is 5.69 Å². The Morgan fingerprint density at radius 2 is 1.84 bits per heavy atom. The van der Waals surface area contributed by atoms with Gasteiger partial charge in [-0.3, -0.25) is 0 Å². The molecule has 0 aliphatic carbocycles. The quantitative estimate of drug-likeness (QED) is 0.802. The van der Waals surface area contributed by atoms with Crippen molar-refractivity contribution in [2.75, 3.05) is 32.6 Å². The fourth-order valence-corrected chi connectivity index (χ4v) is 1.42. The molecule has 0 amide bonds. The first-order chi connectivity index (χ1) is 8.86. The van der Waals surface area contributed by atoms with Gasteiger partial charge in [0.2, 0.25) is 0 Å². The van der Waals surface area contributed by atoms with Gasteiger partial charge in [-0.05, 0) is 59.1 Å². The van der Waals surface area contributed by atoms with Crippen molar-refractivity contribution < 1.29 is 9.53 Å². The summed E-state index contributed by atoms with van der Waals surface area (Å²) in [5.74, 6) is -0.275. The molecule has 1 aromatic carbocycles. The molecule has 0 bridgehead atoms. The van der Waals surface area contributed by atoms with E-state index in [9.17, 15) is 4.79 Å². The Labute approximate surface area is 115 Å². The number of carbonyl (C=O) groups is 1. The molecule has 0 aliphatic heterocycles. The molecule has 0 saturated heterocycles.